The summed E-state index contributed by atoms with van der Waals surface area (Å²) in [6.07, 6.45) is 7.19. The highest BCUT2D eigenvalue weighted by Gasteiger charge is 2.05. The van der Waals surface area contributed by atoms with Crippen LogP contribution in [0.1, 0.15) is 19.8 Å². The third-order valence-electron chi connectivity index (χ3n) is 3.00. The van der Waals surface area contributed by atoms with Crippen molar-refractivity contribution in [2.24, 2.45) is 5.92 Å². The van der Waals surface area contributed by atoms with Crippen LogP contribution in [-0.4, -0.2) is 20.1 Å². The van der Waals surface area contributed by atoms with E-state index in [0.717, 1.165) is 19.4 Å². The zero-order chi connectivity index (χ0) is 12.3. The van der Waals surface area contributed by atoms with Crippen molar-refractivity contribution in [2.75, 3.05) is 5.88 Å². The molecule has 4 nitrogen and oxygen atoms in total. The quantitative estimate of drug-likeness (QED) is 0.766. The summed E-state index contributed by atoms with van der Waals surface area (Å²) in [4.78, 5) is 12.0. The molecule has 1 atom stereocenters. The molecule has 0 amide bonds. The zero-order valence-electron chi connectivity index (χ0n) is 9.84. The van der Waals surface area contributed by atoms with Crippen LogP contribution in [0.5, 0.6) is 0 Å². The van der Waals surface area contributed by atoms with Crippen molar-refractivity contribution >= 4 is 17.1 Å². The lowest BCUT2D eigenvalue weighted by molar-refractivity contribution is 0.464. The summed E-state index contributed by atoms with van der Waals surface area (Å²) in [5.74, 6) is 1.22. The molecule has 0 saturated heterocycles. The Morgan fingerprint density at radius 2 is 2.24 bits per heavy atom. The van der Waals surface area contributed by atoms with Crippen LogP contribution in [0.25, 0.3) is 5.52 Å². The maximum atomic E-state index is 12.0. The molecule has 0 N–H and O–H groups in total. The molecule has 0 aliphatic carbocycles. The van der Waals surface area contributed by atoms with Crippen LogP contribution in [0.3, 0.4) is 0 Å². The molecule has 1 unspecified atom stereocenters. The number of rotatable bonds is 5. The van der Waals surface area contributed by atoms with Crippen molar-refractivity contribution in [3.63, 3.8) is 0 Å². The van der Waals surface area contributed by atoms with Gasteiger partial charge in [0.05, 0.1) is 6.20 Å². The number of hydrogen-bond donors (Lipinski definition) is 0. The van der Waals surface area contributed by atoms with Gasteiger partial charge in [0.25, 0.3) is 5.56 Å². The minimum Gasteiger partial charge on any atom is -0.312 e. The van der Waals surface area contributed by atoms with E-state index in [1.54, 1.807) is 27.5 Å². The van der Waals surface area contributed by atoms with Crippen molar-refractivity contribution in [3.05, 3.63) is 35.0 Å². The van der Waals surface area contributed by atoms with Crippen molar-refractivity contribution in [2.45, 2.75) is 26.3 Å². The Balaban J connectivity index is 2.13. The normalized spacial score (nSPS) is 13.1. The van der Waals surface area contributed by atoms with E-state index in [0.29, 0.717) is 17.3 Å². The monoisotopic (exact) mass is 253 g/mol. The maximum Gasteiger partial charge on any atom is 0.276 e. The molecule has 0 saturated carbocycles. The van der Waals surface area contributed by atoms with Gasteiger partial charge in [0.2, 0.25) is 0 Å². The smallest absolute Gasteiger partial charge is 0.276 e. The van der Waals surface area contributed by atoms with Crippen molar-refractivity contribution in [3.8, 4) is 0 Å². The van der Waals surface area contributed by atoms with Gasteiger partial charge < -0.3 is 4.57 Å². The van der Waals surface area contributed by atoms with Gasteiger partial charge in [0.15, 0.2) is 0 Å². The molecule has 0 aliphatic heterocycles. The second-order valence-corrected chi connectivity index (χ2v) is 4.71. The van der Waals surface area contributed by atoms with Gasteiger partial charge in [0.1, 0.15) is 5.52 Å². The van der Waals surface area contributed by atoms with Gasteiger partial charge in [-0.25, -0.2) is 4.52 Å². The van der Waals surface area contributed by atoms with E-state index in [9.17, 15) is 4.79 Å². The molecular weight excluding hydrogens is 238 g/mol. The molecule has 0 spiro atoms. The maximum absolute atomic E-state index is 12.0. The van der Waals surface area contributed by atoms with E-state index in [2.05, 4.69) is 12.0 Å². The van der Waals surface area contributed by atoms with Crippen LogP contribution in [0.4, 0.5) is 0 Å². The number of aryl methyl sites for hydroxylation is 1. The Bertz CT molecular complexity index is 546. The first-order valence-corrected chi connectivity index (χ1v) is 6.34. The summed E-state index contributed by atoms with van der Waals surface area (Å²) < 4.78 is 3.34. The fraction of sp³-hybridized carbons (Fsp3) is 0.500. The highest BCUT2D eigenvalue weighted by atomic mass is 35.5. The Morgan fingerprint density at radius 3 is 3.00 bits per heavy atom. The van der Waals surface area contributed by atoms with Crippen LogP contribution in [0.2, 0.25) is 0 Å². The highest BCUT2D eigenvalue weighted by molar-refractivity contribution is 6.17. The molecule has 0 fully saturated rings. The average molecular weight is 254 g/mol. The third kappa shape index (κ3) is 2.69. The van der Waals surface area contributed by atoms with Gasteiger partial charge in [0, 0.05) is 24.8 Å². The average Bonchev–Trinajstić information content (AvgIpc) is 2.77. The second-order valence-electron chi connectivity index (χ2n) is 4.33. The zero-order valence-corrected chi connectivity index (χ0v) is 10.6. The number of alkyl halides is 1. The topological polar surface area (TPSA) is 39.3 Å². The van der Waals surface area contributed by atoms with E-state index in [4.69, 9.17) is 11.6 Å². The largest absolute Gasteiger partial charge is 0.312 e. The Labute approximate surface area is 105 Å². The summed E-state index contributed by atoms with van der Waals surface area (Å²) in [6, 6.07) is 1.74. The molecule has 0 aromatic carbocycles. The summed E-state index contributed by atoms with van der Waals surface area (Å²) in [5, 5.41) is 4.03. The fourth-order valence-corrected chi connectivity index (χ4v) is 2.20. The van der Waals surface area contributed by atoms with Crippen LogP contribution in [0.15, 0.2) is 29.5 Å². The summed E-state index contributed by atoms with van der Waals surface area (Å²) in [6.45, 7) is 2.89. The number of aromatic nitrogens is 3. The van der Waals surface area contributed by atoms with Gasteiger partial charge in [-0.2, -0.15) is 5.10 Å². The molecule has 5 heteroatoms. The standard InChI is InChI=1S/C12H16ClN3O/c1-10(2-5-13)4-7-15-8-9-16-11(12(15)17)3-6-14-16/h3,6,8-10H,2,4-5,7H2,1H3. The van der Waals surface area contributed by atoms with Gasteiger partial charge in [-0.1, -0.05) is 6.92 Å². The van der Waals surface area contributed by atoms with Gasteiger partial charge in [-0.3, -0.25) is 4.79 Å². The molecule has 2 rings (SSSR count). The van der Waals surface area contributed by atoms with E-state index in [1.807, 2.05) is 6.20 Å². The number of hydrogen-bond acceptors (Lipinski definition) is 2. The molecular formula is C12H16ClN3O. The Hall–Kier alpha value is -1.29. The number of fused-ring (bicyclic) bond motifs is 1. The SMILES string of the molecule is CC(CCCl)CCn1ccn2nccc2c1=O. The van der Waals surface area contributed by atoms with Crippen LogP contribution in [0, 0.1) is 5.92 Å². The van der Waals surface area contributed by atoms with E-state index in [1.165, 1.54) is 0 Å². The number of halogens is 1. The molecule has 2 aromatic heterocycles. The third-order valence-corrected chi connectivity index (χ3v) is 3.22. The summed E-state index contributed by atoms with van der Waals surface area (Å²) in [7, 11) is 0. The lowest BCUT2D eigenvalue weighted by atomic mass is 10.1. The van der Waals surface area contributed by atoms with Crippen LogP contribution >= 0.6 is 11.6 Å². The summed E-state index contributed by atoms with van der Waals surface area (Å²) >= 11 is 5.69. The van der Waals surface area contributed by atoms with Crippen LogP contribution < -0.4 is 5.56 Å². The Morgan fingerprint density at radius 1 is 1.41 bits per heavy atom. The van der Waals surface area contributed by atoms with Crippen molar-refractivity contribution in [1.29, 1.82) is 0 Å². The lowest BCUT2D eigenvalue weighted by Crippen LogP contribution is -2.22. The molecule has 0 radical (unpaired) electrons. The molecule has 0 aliphatic rings. The summed E-state index contributed by atoms with van der Waals surface area (Å²) in [5.41, 5.74) is 0.639. The fourth-order valence-electron chi connectivity index (χ4n) is 1.83. The first-order chi connectivity index (χ1) is 8.22. The van der Waals surface area contributed by atoms with E-state index < -0.39 is 0 Å². The minimum absolute atomic E-state index is 0.0167. The minimum atomic E-state index is 0.0167. The molecule has 0 bridgehead atoms. The van der Waals surface area contributed by atoms with E-state index >= 15 is 0 Å². The molecule has 2 aromatic rings. The van der Waals surface area contributed by atoms with Gasteiger partial charge in [-0.15, -0.1) is 11.6 Å². The van der Waals surface area contributed by atoms with Crippen molar-refractivity contribution in [1.82, 2.24) is 14.2 Å². The number of nitrogens with zero attached hydrogens (tertiary/aromatic N) is 3. The Kier molecular flexibility index (Phi) is 3.84. The molecule has 2 heterocycles. The lowest BCUT2D eigenvalue weighted by Gasteiger charge is -2.10. The predicted octanol–water partition coefficient (Wildman–Crippen LogP) is 2.15. The first kappa shape index (κ1) is 12.2. The molecule has 92 valence electrons. The highest BCUT2D eigenvalue weighted by Crippen LogP contribution is 2.09. The van der Waals surface area contributed by atoms with Crippen molar-refractivity contribution < 1.29 is 0 Å². The molecule has 17 heavy (non-hydrogen) atoms. The first-order valence-electron chi connectivity index (χ1n) is 5.81. The van der Waals surface area contributed by atoms with Crippen LogP contribution in [-0.2, 0) is 6.54 Å². The van der Waals surface area contributed by atoms with Gasteiger partial charge in [-0.05, 0) is 24.8 Å². The van der Waals surface area contributed by atoms with Gasteiger partial charge >= 0.3 is 0 Å². The van der Waals surface area contributed by atoms with E-state index in [-0.39, 0.29) is 5.56 Å². The predicted molar refractivity (Wildman–Crippen MR) is 68.6 cm³/mol. The second kappa shape index (κ2) is 5.36.